The Bertz CT molecular complexity index is 582. The first-order chi connectivity index (χ1) is 8.41. The van der Waals surface area contributed by atoms with Crippen LogP contribution in [-0.4, -0.2) is 35.3 Å². The second-order valence-corrected chi connectivity index (χ2v) is 5.19. The summed E-state index contributed by atoms with van der Waals surface area (Å²) in [6, 6.07) is 7.36. The van der Waals surface area contributed by atoms with Crippen molar-refractivity contribution in [1.82, 2.24) is 4.31 Å². The molecule has 18 heavy (non-hydrogen) atoms. The van der Waals surface area contributed by atoms with Gasteiger partial charge in [-0.2, -0.15) is 8.42 Å². The Morgan fingerprint density at radius 2 is 1.89 bits per heavy atom. The lowest BCUT2D eigenvalue weighted by atomic mass is 9.99. The van der Waals surface area contributed by atoms with Crippen molar-refractivity contribution in [2.45, 2.75) is 12.1 Å². The molecule has 3 N–H and O–H groups in total. The van der Waals surface area contributed by atoms with E-state index in [0.717, 1.165) is 5.56 Å². The molecule has 0 bridgehead atoms. The van der Waals surface area contributed by atoms with E-state index < -0.39 is 28.3 Å². The van der Waals surface area contributed by atoms with Crippen molar-refractivity contribution < 1.29 is 17.8 Å². The molecule has 1 aromatic rings. The maximum atomic E-state index is 11.3. The summed E-state index contributed by atoms with van der Waals surface area (Å²) in [6.45, 7) is 0. The molecule has 0 unspecified atom stereocenters. The fourth-order valence-corrected chi connectivity index (χ4v) is 2.60. The summed E-state index contributed by atoms with van der Waals surface area (Å²) in [5.74, 6) is -0.805. The van der Waals surface area contributed by atoms with Gasteiger partial charge >= 0.3 is 10.3 Å². The molecule has 0 aliphatic carbocycles. The van der Waals surface area contributed by atoms with Crippen LogP contribution in [0.4, 0.5) is 0 Å². The molecule has 2 rings (SSSR count). The van der Waals surface area contributed by atoms with Crippen LogP contribution < -0.4 is 5.73 Å². The van der Waals surface area contributed by atoms with Gasteiger partial charge in [0.15, 0.2) is 0 Å². The summed E-state index contributed by atoms with van der Waals surface area (Å²) in [5.41, 5.74) is 6.35. The molecule has 0 radical (unpaired) electrons. The molecule has 2 atom stereocenters. The molecule has 0 saturated carbocycles. The SMILES string of the molecule is N[C@H]1C(=O)N(S(=O)(=O)O)[C@H]1/C=C/c1ccccc1. The summed E-state index contributed by atoms with van der Waals surface area (Å²) in [7, 11) is -4.55. The van der Waals surface area contributed by atoms with Crippen molar-refractivity contribution in [3.8, 4) is 0 Å². The Kier molecular flexibility index (Phi) is 3.20. The highest BCUT2D eigenvalue weighted by atomic mass is 32.2. The van der Waals surface area contributed by atoms with Gasteiger partial charge in [-0.15, -0.1) is 0 Å². The van der Waals surface area contributed by atoms with Gasteiger partial charge in [0.2, 0.25) is 0 Å². The summed E-state index contributed by atoms with van der Waals surface area (Å²) < 4.78 is 31.2. The summed E-state index contributed by atoms with van der Waals surface area (Å²) >= 11 is 0. The Labute approximate surface area is 105 Å². The number of hydrogen-bond acceptors (Lipinski definition) is 4. The lowest BCUT2D eigenvalue weighted by molar-refractivity contribution is -0.138. The zero-order chi connectivity index (χ0) is 13.3. The van der Waals surface area contributed by atoms with Crippen LogP contribution in [0.15, 0.2) is 36.4 Å². The Balaban J connectivity index is 2.19. The van der Waals surface area contributed by atoms with Gasteiger partial charge in [0.05, 0.1) is 6.04 Å². The third kappa shape index (κ3) is 2.28. The smallest absolute Gasteiger partial charge is 0.318 e. The van der Waals surface area contributed by atoms with E-state index in [1.807, 2.05) is 30.3 Å². The average molecular weight is 268 g/mol. The molecule has 96 valence electrons. The zero-order valence-corrected chi connectivity index (χ0v) is 10.1. The van der Waals surface area contributed by atoms with Crippen molar-refractivity contribution in [3.63, 3.8) is 0 Å². The number of amides is 1. The molecule has 1 aromatic carbocycles. The fourth-order valence-electron chi connectivity index (χ4n) is 1.74. The van der Waals surface area contributed by atoms with Crippen LogP contribution in [0, 0.1) is 0 Å². The number of carbonyl (C=O) groups excluding carboxylic acids is 1. The molecule has 1 aliphatic heterocycles. The minimum absolute atomic E-state index is 0.372. The van der Waals surface area contributed by atoms with Gasteiger partial charge in [-0.3, -0.25) is 9.35 Å². The minimum Gasteiger partial charge on any atom is -0.318 e. The first-order valence-electron chi connectivity index (χ1n) is 5.21. The maximum Gasteiger partial charge on any atom is 0.362 e. The van der Waals surface area contributed by atoms with Crippen molar-refractivity contribution >= 4 is 22.3 Å². The first-order valence-corrected chi connectivity index (χ1v) is 6.60. The van der Waals surface area contributed by atoms with Crippen LogP contribution in [-0.2, 0) is 15.1 Å². The number of nitrogens with two attached hydrogens (primary N) is 1. The van der Waals surface area contributed by atoms with E-state index in [0.29, 0.717) is 4.31 Å². The Morgan fingerprint density at radius 1 is 1.28 bits per heavy atom. The number of carbonyl (C=O) groups is 1. The highest BCUT2D eigenvalue weighted by molar-refractivity contribution is 7.84. The zero-order valence-electron chi connectivity index (χ0n) is 9.30. The van der Waals surface area contributed by atoms with E-state index in [2.05, 4.69) is 0 Å². The Hall–Kier alpha value is -1.70. The molecule has 7 heteroatoms. The van der Waals surface area contributed by atoms with E-state index >= 15 is 0 Å². The van der Waals surface area contributed by atoms with Crippen molar-refractivity contribution in [2.75, 3.05) is 0 Å². The molecule has 6 nitrogen and oxygen atoms in total. The van der Waals surface area contributed by atoms with Gasteiger partial charge in [-0.1, -0.05) is 42.5 Å². The number of rotatable bonds is 3. The minimum atomic E-state index is -4.55. The molecule has 1 amide bonds. The molecule has 0 spiro atoms. The predicted octanol–water partition coefficient (Wildman–Crippen LogP) is 0.0407. The molecular weight excluding hydrogens is 256 g/mol. The second-order valence-electron chi connectivity index (χ2n) is 3.90. The molecule has 1 aliphatic rings. The first kappa shape index (κ1) is 12.7. The van der Waals surface area contributed by atoms with E-state index in [1.54, 1.807) is 6.08 Å². The quantitative estimate of drug-likeness (QED) is 0.595. The van der Waals surface area contributed by atoms with Crippen LogP contribution in [0.5, 0.6) is 0 Å². The van der Waals surface area contributed by atoms with E-state index in [-0.39, 0.29) is 0 Å². The molecular formula is C11H12N2O4S. The van der Waals surface area contributed by atoms with Gasteiger partial charge in [0.1, 0.15) is 6.04 Å². The highest BCUT2D eigenvalue weighted by Gasteiger charge is 2.49. The van der Waals surface area contributed by atoms with E-state index in [1.165, 1.54) is 6.08 Å². The summed E-state index contributed by atoms with van der Waals surface area (Å²) in [6.07, 6.45) is 3.13. The largest absolute Gasteiger partial charge is 0.362 e. The van der Waals surface area contributed by atoms with E-state index in [9.17, 15) is 13.2 Å². The summed E-state index contributed by atoms with van der Waals surface area (Å²) in [5, 5.41) is 0. The van der Waals surface area contributed by atoms with Crippen LogP contribution in [0.2, 0.25) is 0 Å². The number of β-lactam (4-membered cyclic amide) rings is 1. The van der Waals surface area contributed by atoms with E-state index in [4.69, 9.17) is 10.3 Å². The molecule has 1 saturated heterocycles. The van der Waals surface area contributed by atoms with Gasteiger partial charge in [-0.05, 0) is 5.56 Å². The second kappa shape index (κ2) is 4.52. The van der Waals surface area contributed by atoms with Gasteiger partial charge < -0.3 is 5.73 Å². The number of hydrogen-bond donors (Lipinski definition) is 2. The van der Waals surface area contributed by atoms with Crippen LogP contribution in [0.25, 0.3) is 6.08 Å². The van der Waals surface area contributed by atoms with Gasteiger partial charge in [-0.25, -0.2) is 4.31 Å². The van der Waals surface area contributed by atoms with Gasteiger partial charge in [0.25, 0.3) is 5.91 Å². The third-order valence-corrected chi connectivity index (χ3v) is 3.60. The third-order valence-electron chi connectivity index (χ3n) is 2.68. The van der Waals surface area contributed by atoms with Crippen molar-refractivity contribution in [1.29, 1.82) is 0 Å². The van der Waals surface area contributed by atoms with Crippen molar-refractivity contribution in [3.05, 3.63) is 42.0 Å². The van der Waals surface area contributed by atoms with Crippen LogP contribution in [0.1, 0.15) is 5.56 Å². The maximum absolute atomic E-state index is 11.3. The molecule has 1 heterocycles. The van der Waals surface area contributed by atoms with Crippen molar-refractivity contribution in [2.24, 2.45) is 5.73 Å². The Morgan fingerprint density at radius 3 is 2.44 bits per heavy atom. The number of benzene rings is 1. The monoisotopic (exact) mass is 268 g/mol. The lowest BCUT2D eigenvalue weighted by Crippen LogP contribution is -2.69. The normalized spacial score (nSPS) is 24.3. The van der Waals surface area contributed by atoms with Crippen LogP contribution in [0.3, 0.4) is 0 Å². The molecule has 0 aromatic heterocycles. The predicted molar refractivity (Wildman–Crippen MR) is 65.6 cm³/mol. The fraction of sp³-hybridized carbons (Fsp3) is 0.182. The highest BCUT2D eigenvalue weighted by Crippen LogP contribution is 2.23. The lowest BCUT2D eigenvalue weighted by Gasteiger charge is -2.40. The topological polar surface area (TPSA) is 101 Å². The average Bonchev–Trinajstić information content (AvgIpc) is 2.33. The van der Waals surface area contributed by atoms with Crippen LogP contribution >= 0.6 is 0 Å². The van der Waals surface area contributed by atoms with Gasteiger partial charge in [0, 0.05) is 0 Å². The standard InChI is InChI=1S/C11H12N2O4S/c12-10-9(13(11(10)14)18(15,16)17)7-6-8-4-2-1-3-5-8/h1-7,9-10H,12H2,(H,15,16,17)/b7-6+/t9-,10+/m0/s1. The number of nitrogens with zero attached hydrogens (tertiary/aromatic N) is 1. The molecule has 1 fully saturated rings. The summed E-state index contributed by atoms with van der Waals surface area (Å²) in [4.78, 5) is 11.3.